The number of carbonyl (C=O) groups excluding carboxylic acids is 2. The van der Waals surface area contributed by atoms with E-state index in [2.05, 4.69) is 0 Å². The Labute approximate surface area is 119 Å². The van der Waals surface area contributed by atoms with E-state index in [-0.39, 0.29) is 24.3 Å². The third-order valence-electron chi connectivity index (χ3n) is 3.61. The second-order valence-electron chi connectivity index (χ2n) is 6.74. The van der Waals surface area contributed by atoms with Crippen molar-refractivity contribution in [1.29, 1.82) is 0 Å². The average molecular weight is 284 g/mol. The molecule has 20 heavy (non-hydrogen) atoms. The van der Waals surface area contributed by atoms with Gasteiger partial charge in [0.1, 0.15) is 5.60 Å². The molecule has 2 unspecified atom stereocenters. The van der Waals surface area contributed by atoms with Crippen molar-refractivity contribution < 1.29 is 19.4 Å². The largest absolute Gasteiger partial charge is 0.444 e. The Morgan fingerprint density at radius 3 is 2.65 bits per heavy atom. The second-order valence-corrected chi connectivity index (χ2v) is 6.74. The lowest BCUT2D eigenvalue weighted by Gasteiger charge is -2.25. The van der Waals surface area contributed by atoms with Gasteiger partial charge in [-0.15, -0.1) is 0 Å². The quantitative estimate of drug-likeness (QED) is 0.815. The molecular weight excluding hydrogens is 260 g/mol. The molecule has 0 aromatic rings. The predicted molar refractivity (Wildman–Crippen MR) is 73.1 cm³/mol. The summed E-state index contributed by atoms with van der Waals surface area (Å²) in [7, 11) is 0. The van der Waals surface area contributed by atoms with E-state index < -0.39 is 11.7 Å². The van der Waals surface area contributed by atoms with Gasteiger partial charge < -0.3 is 19.6 Å². The molecule has 1 N–H and O–H groups in total. The van der Waals surface area contributed by atoms with Crippen LogP contribution >= 0.6 is 0 Å². The van der Waals surface area contributed by atoms with Crippen molar-refractivity contribution in [2.24, 2.45) is 5.92 Å². The van der Waals surface area contributed by atoms with E-state index in [0.717, 1.165) is 6.42 Å². The van der Waals surface area contributed by atoms with Crippen LogP contribution < -0.4 is 0 Å². The van der Waals surface area contributed by atoms with Crippen molar-refractivity contribution >= 4 is 12.0 Å². The van der Waals surface area contributed by atoms with Crippen LogP contribution in [0.5, 0.6) is 0 Å². The predicted octanol–water partition coefficient (Wildman–Crippen LogP) is 0.837. The van der Waals surface area contributed by atoms with E-state index in [1.807, 2.05) is 20.8 Å². The summed E-state index contributed by atoms with van der Waals surface area (Å²) in [4.78, 5) is 27.0. The molecule has 2 amide bonds. The summed E-state index contributed by atoms with van der Waals surface area (Å²) >= 11 is 0. The molecule has 2 aliphatic rings. The summed E-state index contributed by atoms with van der Waals surface area (Å²) in [6.45, 7) is 7.88. The van der Waals surface area contributed by atoms with Crippen LogP contribution in [0.25, 0.3) is 0 Å². The summed E-state index contributed by atoms with van der Waals surface area (Å²) in [5.74, 6) is 0.282. The van der Waals surface area contributed by atoms with Gasteiger partial charge in [-0.05, 0) is 33.1 Å². The monoisotopic (exact) mass is 284 g/mol. The number of carbonyl (C=O) groups is 2. The van der Waals surface area contributed by atoms with Crippen molar-refractivity contribution in [2.75, 3.05) is 26.2 Å². The molecule has 0 aromatic heterocycles. The fraction of sp³-hybridized carbons (Fsp3) is 0.857. The molecule has 0 spiro atoms. The number of amides is 2. The van der Waals surface area contributed by atoms with Gasteiger partial charge in [0.05, 0.1) is 12.5 Å². The highest BCUT2D eigenvalue weighted by atomic mass is 16.6. The first kappa shape index (κ1) is 15.1. The molecule has 0 radical (unpaired) electrons. The Bertz CT molecular complexity index is 391. The van der Waals surface area contributed by atoms with Crippen molar-refractivity contribution in [1.82, 2.24) is 9.80 Å². The molecule has 0 saturated carbocycles. The maximum Gasteiger partial charge on any atom is 0.410 e. The maximum absolute atomic E-state index is 11.9. The molecular formula is C14H24N2O4. The Kier molecular flexibility index (Phi) is 4.22. The SMILES string of the molecule is CC(C)(C)OC(=O)N1CCC(CN2CC(O)CC2=O)C1. The normalized spacial score (nSPS) is 27.3. The Balaban J connectivity index is 1.81. The number of aliphatic hydroxyl groups is 1. The fourth-order valence-corrected chi connectivity index (χ4v) is 2.71. The van der Waals surface area contributed by atoms with Crippen molar-refractivity contribution in [2.45, 2.75) is 45.3 Å². The zero-order valence-electron chi connectivity index (χ0n) is 12.5. The van der Waals surface area contributed by atoms with Crippen LogP contribution in [0, 0.1) is 5.92 Å². The highest BCUT2D eigenvalue weighted by Crippen LogP contribution is 2.22. The molecule has 6 nitrogen and oxygen atoms in total. The van der Waals surface area contributed by atoms with E-state index in [1.165, 1.54) is 0 Å². The van der Waals surface area contributed by atoms with Gasteiger partial charge in [0.2, 0.25) is 5.91 Å². The lowest BCUT2D eigenvalue weighted by molar-refractivity contribution is -0.128. The average Bonchev–Trinajstić information content (AvgIpc) is 2.85. The fourth-order valence-electron chi connectivity index (χ4n) is 2.71. The van der Waals surface area contributed by atoms with Crippen molar-refractivity contribution in [3.05, 3.63) is 0 Å². The van der Waals surface area contributed by atoms with Gasteiger partial charge in [0.25, 0.3) is 0 Å². The third-order valence-corrected chi connectivity index (χ3v) is 3.61. The van der Waals surface area contributed by atoms with Crippen LogP contribution in [0.4, 0.5) is 4.79 Å². The van der Waals surface area contributed by atoms with Crippen LogP contribution in [-0.2, 0) is 9.53 Å². The second kappa shape index (κ2) is 5.60. The maximum atomic E-state index is 11.9. The van der Waals surface area contributed by atoms with Gasteiger partial charge in [0, 0.05) is 26.2 Å². The van der Waals surface area contributed by atoms with Crippen LogP contribution in [0.1, 0.15) is 33.6 Å². The topological polar surface area (TPSA) is 70.1 Å². The summed E-state index contributed by atoms with van der Waals surface area (Å²) in [6.07, 6.45) is 0.278. The lowest BCUT2D eigenvalue weighted by atomic mass is 10.1. The zero-order valence-corrected chi connectivity index (χ0v) is 12.5. The molecule has 2 fully saturated rings. The number of likely N-dealkylation sites (tertiary alicyclic amines) is 2. The minimum absolute atomic E-state index is 0.00761. The summed E-state index contributed by atoms with van der Waals surface area (Å²) in [5.41, 5.74) is -0.482. The molecule has 2 heterocycles. The molecule has 2 saturated heterocycles. The van der Waals surface area contributed by atoms with Crippen LogP contribution in [0.15, 0.2) is 0 Å². The number of nitrogens with zero attached hydrogens (tertiary/aromatic N) is 2. The first-order chi connectivity index (χ1) is 9.24. The number of rotatable bonds is 2. The van der Waals surface area contributed by atoms with E-state index in [1.54, 1.807) is 9.80 Å². The molecule has 2 atom stereocenters. The summed E-state index contributed by atoms with van der Waals surface area (Å²) in [6, 6.07) is 0. The zero-order chi connectivity index (χ0) is 14.9. The lowest BCUT2D eigenvalue weighted by Crippen LogP contribution is -2.37. The molecule has 0 aliphatic carbocycles. The number of ether oxygens (including phenoxy) is 1. The number of β-amino-alcohol motifs (C(OH)–C–C–N with tert-alkyl or cyclic N) is 1. The van der Waals surface area contributed by atoms with Gasteiger partial charge in [0.15, 0.2) is 0 Å². The van der Waals surface area contributed by atoms with Crippen LogP contribution in [0.2, 0.25) is 0 Å². The minimum Gasteiger partial charge on any atom is -0.444 e. The molecule has 6 heteroatoms. The number of hydrogen-bond donors (Lipinski definition) is 1. The number of hydrogen-bond acceptors (Lipinski definition) is 4. The van der Waals surface area contributed by atoms with Gasteiger partial charge in [-0.3, -0.25) is 4.79 Å². The van der Waals surface area contributed by atoms with Crippen LogP contribution in [0.3, 0.4) is 0 Å². The first-order valence-corrected chi connectivity index (χ1v) is 7.18. The third kappa shape index (κ3) is 3.85. The van der Waals surface area contributed by atoms with Gasteiger partial charge in [-0.2, -0.15) is 0 Å². The van der Waals surface area contributed by atoms with Crippen LogP contribution in [-0.4, -0.2) is 64.8 Å². The van der Waals surface area contributed by atoms with E-state index in [9.17, 15) is 14.7 Å². The highest BCUT2D eigenvalue weighted by molar-refractivity contribution is 5.79. The Morgan fingerprint density at radius 1 is 1.40 bits per heavy atom. The molecule has 0 aromatic carbocycles. The summed E-state index contributed by atoms with van der Waals surface area (Å²) in [5, 5.41) is 9.46. The van der Waals surface area contributed by atoms with E-state index in [0.29, 0.717) is 26.2 Å². The Hall–Kier alpha value is -1.30. The summed E-state index contributed by atoms with van der Waals surface area (Å²) < 4.78 is 5.34. The standard InChI is InChI=1S/C14H24N2O4/c1-14(2,3)20-13(19)15-5-4-10(7-15)8-16-9-11(17)6-12(16)18/h10-11,17H,4-9H2,1-3H3. The highest BCUT2D eigenvalue weighted by Gasteiger charge is 2.34. The van der Waals surface area contributed by atoms with Gasteiger partial charge in [-0.25, -0.2) is 4.79 Å². The van der Waals surface area contributed by atoms with Crippen molar-refractivity contribution in [3.8, 4) is 0 Å². The van der Waals surface area contributed by atoms with E-state index in [4.69, 9.17) is 4.74 Å². The smallest absolute Gasteiger partial charge is 0.410 e. The molecule has 2 rings (SSSR count). The minimum atomic E-state index is -0.536. The molecule has 114 valence electrons. The van der Waals surface area contributed by atoms with Crippen molar-refractivity contribution in [3.63, 3.8) is 0 Å². The molecule has 0 bridgehead atoms. The van der Waals surface area contributed by atoms with Gasteiger partial charge in [-0.1, -0.05) is 0 Å². The molecule has 2 aliphatic heterocycles. The van der Waals surface area contributed by atoms with Gasteiger partial charge >= 0.3 is 6.09 Å². The number of aliphatic hydroxyl groups excluding tert-OH is 1. The first-order valence-electron chi connectivity index (χ1n) is 7.18. The van der Waals surface area contributed by atoms with E-state index >= 15 is 0 Å². The Morgan fingerprint density at radius 2 is 2.10 bits per heavy atom.